The maximum absolute atomic E-state index is 12.7. The van der Waals surface area contributed by atoms with E-state index in [0.29, 0.717) is 6.54 Å². The topological polar surface area (TPSA) is 58.2 Å². The van der Waals surface area contributed by atoms with Crippen molar-refractivity contribution in [3.8, 4) is 11.1 Å². The third kappa shape index (κ3) is 3.63. The lowest BCUT2D eigenvalue weighted by atomic mass is 10.1. The predicted octanol–water partition coefficient (Wildman–Crippen LogP) is 5.77. The van der Waals surface area contributed by atoms with Crippen LogP contribution in [0.2, 0.25) is 0 Å². The Morgan fingerprint density at radius 2 is 2.07 bits per heavy atom. The molecular weight excluding hydrogens is 382 g/mol. The van der Waals surface area contributed by atoms with Crippen molar-refractivity contribution in [3.63, 3.8) is 0 Å². The number of aromatic amines is 1. The number of ether oxygens (including phenoxy) is 1. The second-order valence-electron chi connectivity index (χ2n) is 7.26. The minimum absolute atomic E-state index is 0.0738. The van der Waals surface area contributed by atoms with Crippen LogP contribution in [0.3, 0.4) is 0 Å². The molecule has 0 bridgehead atoms. The zero-order valence-corrected chi connectivity index (χ0v) is 16.7. The van der Waals surface area contributed by atoms with Crippen LogP contribution >= 0.6 is 11.3 Å². The minimum Gasteiger partial charge on any atom is -0.445 e. The Labute approximate surface area is 173 Å². The van der Waals surface area contributed by atoms with Gasteiger partial charge in [0.1, 0.15) is 12.4 Å². The largest absolute Gasteiger partial charge is 0.445 e. The van der Waals surface area contributed by atoms with Crippen LogP contribution in [0.5, 0.6) is 0 Å². The van der Waals surface area contributed by atoms with Gasteiger partial charge in [0.25, 0.3) is 0 Å². The number of carbonyl (C=O) groups is 1. The van der Waals surface area contributed by atoms with Gasteiger partial charge in [0.05, 0.1) is 17.1 Å². The minimum atomic E-state index is -0.282. The maximum atomic E-state index is 12.7. The van der Waals surface area contributed by atoms with Crippen molar-refractivity contribution in [3.05, 3.63) is 76.7 Å². The van der Waals surface area contributed by atoms with Crippen LogP contribution in [-0.2, 0) is 11.3 Å². The molecule has 146 valence electrons. The number of fused-ring (bicyclic) bond motifs is 1. The molecule has 2 aromatic carbocycles. The summed E-state index contributed by atoms with van der Waals surface area (Å²) in [6.45, 7) is 0.975. The molecule has 0 aliphatic carbocycles. The zero-order chi connectivity index (χ0) is 19.6. The van der Waals surface area contributed by atoms with Crippen LogP contribution in [0.4, 0.5) is 4.79 Å². The lowest BCUT2D eigenvalue weighted by molar-refractivity contribution is 0.0910. The van der Waals surface area contributed by atoms with Gasteiger partial charge in [-0.2, -0.15) is 11.3 Å². The van der Waals surface area contributed by atoms with Crippen LogP contribution in [0.1, 0.15) is 30.3 Å². The highest BCUT2D eigenvalue weighted by Gasteiger charge is 2.33. The van der Waals surface area contributed by atoms with E-state index in [1.165, 1.54) is 11.1 Å². The summed E-state index contributed by atoms with van der Waals surface area (Å²) in [5.74, 6) is 0.830. The number of imidazole rings is 1. The molecule has 29 heavy (non-hydrogen) atoms. The highest BCUT2D eigenvalue weighted by atomic mass is 32.1. The van der Waals surface area contributed by atoms with Gasteiger partial charge in [-0.3, -0.25) is 4.90 Å². The molecule has 0 spiro atoms. The Morgan fingerprint density at radius 3 is 2.90 bits per heavy atom. The van der Waals surface area contributed by atoms with Gasteiger partial charge in [-0.25, -0.2) is 9.78 Å². The summed E-state index contributed by atoms with van der Waals surface area (Å²) >= 11 is 1.69. The number of nitrogens with zero attached hydrogens (tertiary/aromatic N) is 2. The fraction of sp³-hybridized carbons (Fsp3) is 0.217. The van der Waals surface area contributed by atoms with Crippen LogP contribution in [0.15, 0.2) is 65.4 Å². The van der Waals surface area contributed by atoms with E-state index in [9.17, 15) is 4.79 Å². The normalized spacial score (nSPS) is 16.4. The maximum Gasteiger partial charge on any atom is 0.410 e. The van der Waals surface area contributed by atoms with Gasteiger partial charge >= 0.3 is 6.09 Å². The number of thiophene rings is 1. The Balaban J connectivity index is 1.35. The summed E-state index contributed by atoms with van der Waals surface area (Å²) in [6, 6.07) is 18.1. The third-order valence-electron chi connectivity index (χ3n) is 5.36. The first-order chi connectivity index (χ1) is 14.3. The average Bonchev–Trinajstić information content (AvgIpc) is 3.52. The summed E-state index contributed by atoms with van der Waals surface area (Å²) in [4.78, 5) is 22.7. The molecule has 5 rings (SSSR count). The van der Waals surface area contributed by atoms with Gasteiger partial charge < -0.3 is 9.72 Å². The molecule has 5 nitrogen and oxygen atoms in total. The molecule has 1 saturated heterocycles. The molecule has 0 unspecified atom stereocenters. The Kier molecular flexibility index (Phi) is 4.77. The van der Waals surface area contributed by atoms with Gasteiger partial charge in [0.15, 0.2) is 0 Å². The smallest absolute Gasteiger partial charge is 0.410 e. The summed E-state index contributed by atoms with van der Waals surface area (Å²) in [6.07, 6.45) is 1.55. The second kappa shape index (κ2) is 7.72. The van der Waals surface area contributed by atoms with Crippen LogP contribution in [0, 0.1) is 0 Å². The molecule has 1 aliphatic heterocycles. The summed E-state index contributed by atoms with van der Waals surface area (Å²) in [5, 5.41) is 4.22. The summed E-state index contributed by atoms with van der Waals surface area (Å²) < 4.78 is 5.55. The number of H-pyrrole nitrogens is 1. The van der Waals surface area contributed by atoms with E-state index in [2.05, 4.69) is 33.9 Å². The molecule has 1 N–H and O–H groups in total. The SMILES string of the molecule is O=C(OCc1ccccc1)N1CCC[C@H]1c1nc2ccc(-c3ccsc3)cc2[nH]1. The van der Waals surface area contributed by atoms with Crippen LogP contribution in [0.25, 0.3) is 22.2 Å². The number of hydrogen-bond acceptors (Lipinski definition) is 4. The monoisotopic (exact) mass is 403 g/mol. The van der Waals surface area contributed by atoms with E-state index in [0.717, 1.165) is 35.3 Å². The number of carbonyl (C=O) groups excluding carboxylic acids is 1. The first-order valence-electron chi connectivity index (χ1n) is 9.77. The first kappa shape index (κ1) is 17.9. The van der Waals surface area contributed by atoms with Crippen molar-refractivity contribution >= 4 is 28.5 Å². The van der Waals surface area contributed by atoms with E-state index in [1.54, 1.807) is 16.2 Å². The molecule has 6 heteroatoms. The number of amides is 1. The Hall–Kier alpha value is -3.12. The molecule has 1 aliphatic rings. The first-order valence-corrected chi connectivity index (χ1v) is 10.7. The van der Waals surface area contributed by atoms with Crippen molar-refractivity contribution in [2.24, 2.45) is 0 Å². The molecule has 4 aromatic rings. The number of hydrogen-bond donors (Lipinski definition) is 1. The highest BCUT2D eigenvalue weighted by molar-refractivity contribution is 7.08. The van der Waals surface area contributed by atoms with Gasteiger partial charge in [-0.15, -0.1) is 0 Å². The van der Waals surface area contributed by atoms with Gasteiger partial charge in [0, 0.05) is 6.54 Å². The van der Waals surface area contributed by atoms with Crippen molar-refractivity contribution in [2.45, 2.75) is 25.5 Å². The summed E-state index contributed by atoms with van der Waals surface area (Å²) in [5.41, 5.74) is 5.28. The molecule has 2 aromatic heterocycles. The summed E-state index contributed by atoms with van der Waals surface area (Å²) in [7, 11) is 0. The number of rotatable bonds is 4. The lowest BCUT2D eigenvalue weighted by Gasteiger charge is -2.22. The van der Waals surface area contributed by atoms with Crippen molar-refractivity contribution in [2.75, 3.05) is 6.54 Å². The zero-order valence-electron chi connectivity index (χ0n) is 15.9. The van der Waals surface area contributed by atoms with Crippen molar-refractivity contribution in [1.29, 1.82) is 0 Å². The Morgan fingerprint density at radius 1 is 1.17 bits per heavy atom. The fourth-order valence-corrected chi connectivity index (χ4v) is 4.53. The number of likely N-dealkylation sites (tertiary alicyclic amines) is 1. The second-order valence-corrected chi connectivity index (χ2v) is 8.04. The van der Waals surface area contributed by atoms with Crippen LogP contribution in [-0.4, -0.2) is 27.5 Å². The molecule has 1 fully saturated rings. The molecular formula is C23H21N3O2S. The third-order valence-corrected chi connectivity index (χ3v) is 6.05. The van der Waals surface area contributed by atoms with Crippen molar-refractivity contribution in [1.82, 2.24) is 14.9 Å². The van der Waals surface area contributed by atoms with E-state index in [-0.39, 0.29) is 18.7 Å². The predicted molar refractivity (Wildman–Crippen MR) is 115 cm³/mol. The highest BCUT2D eigenvalue weighted by Crippen LogP contribution is 2.33. The molecule has 0 saturated carbocycles. The van der Waals surface area contributed by atoms with Crippen molar-refractivity contribution < 1.29 is 9.53 Å². The van der Waals surface area contributed by atoms with E-state index in [4.69, 9.17) is 9.72 Å². The molecule has 1 atom stereocenters. The number of nitrogens with one attached hydrogen (secondary N) is 1. The van der Waals surface area contributed by atoms with Gasteiger partial charge in [0.2, 0.25) is 0 Å². The lowest BCUT2D eigenvalue weighted by Crippen LogP contribution is -2.31. The number of benzene rings is 2. The Bertz CT molecular complexity index is 1120. The van der Waals surface area contributed by atoms with Gasteiger partial charge in [-0.05, 0) is 58.5 Å². The molecule has 0 radical (unpaired) electrons. The van der Waals surface area contributed by atoms with Gasteiger partial charge in [-0.1, -0.05) is 36.4 Å². The molecule has 3 heterocycles. The molecule has 1 amide bonds. The quantitative estimate of drug-likeness (QED) is 0.471. The average molecular weight is 404 g/mol. The van der Waals surface area contributed by atoms with E-state index in [1.807, 2.05) is 36.4 Å². The number of aromatic nitrogens is 2. The standard InChI is InChI=1S/C23H21N3O2S/c27-23(28-14-16-5-2-1-3-6-16)26-11-4-7-21(26)22-24-19-9-8-17(13-20(19)25-22)18-10-12-29-15-18/h1-3,5-6,8-10,12-13,15,21H,4,7,11,14H2,(H,24,25)/t21-/m0/s1. The van der Waals surface area contributed by atoms with Crippen LogP contribution < -0.4 is 0 Å². The van der Waals surface area contributed by atoms with E-state index < -0.39 is 0 Å². The fourth-order valence-electron chi connectivity index (χ4n) is 3.87. The van der Waals surface area contributed by atoms with E-state index >= 15 is 0 Å².